The lowest BCUT2D eigenvalue weighted by molar-refractivity contribution is 0.0636. The molecule has 1 amide bonds. The molecule has 0 saturated heterocycles. The Morgan fingerprint density at radius 3 is 2.52 bits per heavy atom. The van der Waals surface area contributed by atoms with Crippen molar-refractivity contribution in [2.75, 3.05) is 18.5 Å². The van der Waals surface area contributed by atoms with Crippen molar-refractivity contribution in [3.05, 3.63) is 24.3 Å². The van der Waals surface area contributed by atoms with Crippen LogP contribution in [0.4, 0.5) is 10.5 Å². The highest BCUT2D eigenvalue weighted by Crippen LogP contribution is 2.18. The van der Waals surface area contributed by atoms with Crippen molar-refractivity contribution in [2.24, 2.45) is 0 Å². The molecule has 1 aromatic rings. The van der Waals surface area contributed by atoms with Crippen LogP contribution < -0.4 is 19.5 Å². The van der Waals surface area contributed by atoms with Crippen LogP contribution in [-0.4, -0.2) is 39.3 Å². The first-order valence-electron chi connectivity index (χ1n) is 7.97. The molecule has 0 atom stereocenters. The van der Waals surface area contributed by atoms with E-state index in [0.717, 1.165) is 0 Å². The van der Waals surface area contributed by atoms with Gasteiger partial charge in [0, 0.05) is 24.3 Å². The van der Waals surface area contributed by atoms with E-state index in [9.17, 15) is 13.2 Å². The van der Waals surface area contributed by atoms with Crippen LogP contribution in [0.25, 0.3) is 0 Å². The van der Waals surface area contributed by atoms with Gasteiger partial charge in [-0.15, -0.1) is 0 Å². The predicted molar refractivity (Wildman–Crippen MR) is 97.0 cm³/mol. The van der Waals surface area contributed by atoms with Crippen LogP contribution in [0, 0.1) is 0 Å². The van der Waals surface area contributed by atoms with Crippen molar-refractivity contribution in [1.82, 2.24) is 9.44 Å². The summed E-state index contributed by atoms with van der Waals surface area (Å²) >= 11 is 0. The van der Waals surface area contributed by atoms with Crippen molar-refractivity contribution in [1.29, 1.82) is 0 Å². The molecule has 9 heteroatoms. The van der Waals surface area contributed by atoms with Crippen molar-refractivity contribution in [3.63, 3.8) is 0 Å². The van der Waals surface area contributed by atoms with Crippen molar-refractivity contribution >= 4 is 22.0 Å². The average molecular weight is 373 g/mol. The number of amides is 1. The van der Waals surface area contributed by atoms with Crippen LogP contribution in [-0.2, 0) is 14.9 Å². The number of benzene rings is 1. The summed E-state index contributed by atoms with van der Waals surface area (Å²) in [6.45, 7) is 9.07. The zero-order valence-corrected chi connectivity index (χ0v) is 16.1. The fourth-order valence-corrected chi connectivity index (χ4v) is 2.84. The molecule has 0 spiro atoms. The molecule has 1 rings (SSSR count). The highest BCUT2D eigenvalue weighted by molar-refractivity contribution is 7.87. The predicted octanol–water partition coefficient (Wildman–Crippen LogP) is 2.24. The highest BCUT2D eigenvalue weighted by atomic mass is 32.2. The summed E-state index contributed by atoms with van der Waals surface area (Å²) in [6.07, 6.45) is -0.558. The van der Waals surface area contributed by atoms with Gasteiger partial charge < -0.3 is 9.47 Å². The van der Waals surface area contributed by atoms with Crippen LogP contribution in [0.15, 0.2) is 24.3 Å². The first-order valence-corrected chi connectivity index (χ1v) is 9.45. The number of anilines is 1. The van der Waals surface area contributed by atoms with E-state index >= 15 is 0 Å². The Balaban J connectivity index is 2.47. The molecule has 0 aliphatic rings. The quantitative estimate of drug-likeness (QED) is 0.606. The molecule has 3 N–H and O–H groups in total. The lowest BCUT2D eigenvalue weighted by Gasteiger charge is -2.19. The minimum atomic E-state index is -3.53. The standard InChI is InChI=1S/C16H27N3O5S/c1-12(2)19-25(21,22)17-9-10-23-14-8-6-7-13(11-14)18-15(20)24-16(3,4)5/h6-8,11-12,17,19H,9-10H2,1-5H3,(H,18,20). The van der Waals surface area contributed by atoms with Gasteiger partial charge in [-0.1, -0.05) is 6.07 Å². The molecule has 0 bridgehead atoms. The second-order valence-corrected chi connectivity index (χ2v) is 8.20. The topological polar surface area (TPSA) is 106 Å². The van der Waals surface area contributed by atoms with Gasteiger partial charge in [0.15, 0.2) is 0 Å². The van der Waals surface area contributed by atoms with Crippen LogP contribution >= 0.6 is 0 Å². The summed E-state index contributed by atoms with van der Waals surface area (Å²) in [7, 11) is -3.53. The molecule has 1 aromatic carbocycles. The number of nitrogens with one attached hydrogen (secondary N) is 3. The van der Waals surface area contributed by atoms with E-state index in [0.29, 0.717) is 11.4 Å². The summed E-state index contributed by atoms with van der Waals surface area (Å²) < 4.78 is 38.7. The van der Waals surface area contributed by atoms with E-state index in [1.165, 1.54) is 0 Å². The first-order chi connectivity index (χ1) is 11.5. The van der Waals surface area contributed by atoms with Gasteiger partial charge in [0.2, 0.25) is 0 Å². The summed E-state index contributed by atoms with van der Waals surface area (Å²) in [5.74, 6) is 0.504. The zero-order chi connectivity index (χ0) is 19.1. The number of hydrogen-bond donors (Lipinski definition) is 3. The lowest BCUT2D eigenvalue weighted by Crippen LogP contribution is -2.41. The lowest BCUT2D eigenvalue weighted by atomic mass is 10.2. The van der Waals surface area contributed by atoms with E-state index < -0.39 is 21.9 Å². The number of carbonyl (C=O) groups excluding carboxylic acids is 1. The molecular weight excluding hydrogens is 346 g/mol. The Hall–Kier alpha value is -1.84. The van der Waals surface area contributed by atoms with E-state index in [1.54, 1.807) is 58.9 Å². The molecule has 0 aliphatic carbocycles. The Labute approximate surface area is 149 Å². The van der Waals surface area contributed by atoms with Gasteiger partial charge in [-0.2, -0.15) is 17.9 Å². The molecular formula is C16H27N3O5S. The normalized spacial score (nSPS) is 12.1. The number of ether oxygens (including phenoxy) is 2. The van der Waals surface area contributed by atoms with Crippen LogP contribution in [0.5, 0.6) is 5.75 Å². The zero-order valence-electron chi connectivity index (χ0n) is 15.3. The summed E-state index contributed by atoms with van der Waals surface area (Å²) in [5, 5.41) is 2.61. The second kappa shape index (κ2) is 9.02. The van der Waals surface area contributed by atoms with Gasteiger partial charge >= 0.3 is 6.09 Å². The van der Waals surface area contributed by atoms with Gasteiger partial charge in [-0.25, -0.2) is 4.79 Å². The molecule has 0 aliphatic heterocycles. The number of hydrogen-bond acceptors (Lipinski definition) is 5. The number of rotatable bonds is 8. The summed E-state index contributed by atoms with van der Waals surface area (Å²) in [4.78, 5) is 11.7. The van der Waals surface area contributed by atoms with E-state index in [2.05, 4.69) is 14.8 Å². The monoisotopic (exact) mass is 373 g/mol. The van der Waals surface area contributed by atoms with Gasteiger partial charge in [0.1, 0.15) is 18.0 Å². The second-order valence-electron chi connectivity index (χ2n) is 6.67. The van der Waals surface area contributed by atoms with Gasteiger partial charge in [-0.3, -0.25) is 5.32 Å². The molecule has 8 nitrogen and oxygen atoms in total. The molecule has 0 heterocycles. The third kappa shape index (κ3) is 9.90. The van der Waals surface area contributed by atoms with Gasteiger partial charge in [-0.05, 0) is 46.8 Å². The molecule has 25 heavy (non-hydrogen) atoms. The summed E-state index contributed by atoms with van der Waals surface area (Å²) in [6, 6.07) is 6.57. The summed E-state index contributed by atoms with van der Waals surface area (Å²) in [5.41, 5.74) is -0.0619. The van der Waals surface area contributed by atoms with Crippen LogP contribution in [0.1, 0.15) is 34.6 Å². The number of carbonyl (C=O) groups is 1. The largest absolute Gasteiger partial charge is 0.492 e. The molecule has 0 saturated carbocycles. The minimum absolute atomic E-state index is 0.117. The minimum Gasteiger partial charge on any atom is -0.492 e. The highest BCUT2D eigenvalue weighted by Gasteiger charge is 2.16. The fourth-order valence-electron chi connectivity index (χ4n) is 1.78. The maximum Gasteiger partial charge on any atom is 0.412 e. The molecule has 0 radical (unpaired) electrons. The maximum absolute atomic E-state index is 11.7. The fraction of sp³-hybridized carbons (Fsp3) is 0.562. The molecule has 0 fully saturated rings. The first kappa shape index (κ1) is 21.2. The Kier molecular flexibility index (Phi) is 7.65. The maximum atomic E-state index is 11.7. The average Bonchev–Trinajstić information content (AvgIpc) is 2.40. The molecule has 142 valence electrons. The Morgan fingerprint density at radius 1 is 1.24 bits per heavy atom. The van der Waals surface area contributed by atoms with Crippen molar-refractivity contribution < 1.29 is 22.7 Å². The van der Waals surface area contributed by atoms with Crippen LogP contribution in [0.2, 0.25) is 0 Å². The molecule has 0 unspecified atom stereocenters. The third-order valence-electron chi connectivity index (χ3n) is 2.53. The Morgan fingerprint density at radius 2 is 1.92 bits per heavy atom. The van der Waals surface area contributed by atoms with E-state index in [1.807, 2.05) is 0 Å². The van der Waals surface area contributed by atoms with Gasteiger partial charge in [0.05, 0.1) is 0 Å². The van der Waals surface area contributed by atoms with Crippen molar-refractivity contribution in [2.45, 2.75) is 46.3 Å². The van der Waals surface area contributed by atoms with E-state index in [-0.39, 0.29) is 19.2 Å². The Bertz CT molecular complexity index is 669. The molecule has 0 aromatic heterocycles. The van der Waals surface area contributed by atoms with Crippen LogP contribution in [0.3, 0.4) is 0 Å². The third-order valence-corrected chi connectivity index (χ3v) is 3.90. The van der Waals surface area contributed by atoms with Gasteiger partial charge in [0.25, 0.3) is 10.2 Å². The SMILES string of the molecule is CC(C)NS(=O)(=O)NCCOc1cccc(NC(=O)OC(C)(C)C)c1. The van der Waals surface area contributed by atoms with Crippen molar-refractivity contribution in [3.8, 4) is 5.75 Å². The van der Waals surface area contributed by atoms with E-state index in [4.69, 9.17) is 9.47 Å². The smallest absolute Gasteiger partial charge is 0.412 e.